The minimum atomic E-state index is -4.49. The Morgan fingerprint density at radius 1 is 1.12 bits per heavy atom. The van der Waals surface area contributed by atoms with Gasteiger partial charge >= 0.3 is 12.1 Å². The largest absolute Gasteiger partial charge is 0.468 e. The molecular formula is C17H13Cl2F3O3S. The second kappa shape index (κ2) is 8.41. The molecule has 0 aliphatic carbocycles. The summed E-state index contributed by atoms with van der Waals surface area (Å²) >= 11 is 13.2. The lowest BCUT2D eigenvalue weighted by atomic mass is 10.2. The van der Waals surface area contributed by atoms with Crippen LogP contribution in [0.2, 0.25) is 10.0 Å². The molecule has 0 aliphatic rings. The van der Waals surface area contributed by atoms with Crippen molar-refractivity contribution in [1.29, 1.82) is 0 Å². The van der Waals surface area contributed by atoms with Gasteiger partial charge in [-0.1, -0.05) is 23.2 Å². The number of hydrogen-bond donors (Lipinski definition) is 0. The van der Waals surface area contributed by atoms with Gasteiger partial charge in [0.2, 0.25) is 0 Å². The molecule has 0 radical (unpaired) electrons. The van der Waals surface area contributed by atoms with Crippen LogP contribution in [0.4, 0.5) is 13.2 Å². The monoisotopic (exact) mass is 424 g/mol. The molecule has 140 valence electrons. The van der Waals surface area contributed by atoms with E-state index < -0.39 is 23.0 Å². The van der Waals surface area contributed by atoms with Crippen molar-refractivity contribution in [2.45, 2.75) is 23.2 Å². The van der Waals surface area contributed by atoms with E-state index in [1.807, 2.05) is 0 Å². The third kappa shape index (κ3) is 5.22. The zero-order valence-electron chi connectivity index (χ0n) is 13.6. The van der Waals surface area contributed by atoms with Gasteiger partial charge in [-0.15, -0.1) is 11.8 Å². The average Bonchev–Trinajstić information content (AvgIpc) is 2.57. The molecule has 0 saturated heterocycles. The topological polar surface area (TPSA) is 35.5 Å². The highest BCUT2D eigenvalue weighted by Crippen LogP contribution is 2.38. The molecule has 0 fully saturated rings. The number of benzene rings is 2. The fraction of sp³-hybridized carbons (Fsp3) is 0.235. The Morgan fingerprint density at radius 3 is 2.38 bits per heavy atom. The number of ether oxygens (including phenoxy) is 2. The van der Waals surface area contributed by atoms with Gasteiger partial charge in [-0.2, -0.15) is 13.2 Å². The molecule has 0 aliphatic heterocycles. The van der Waals surface area contributed by atoms with Crippen LogP contribution in [0.5, 0.6) is 11.5 Å². The molecule has 0 bridgehead atoms. The predicted molar refractivity (Wildman–Crippen MR) is 95.3 cm³/mol. The lowest BCUT2D eigenvalue weighted by Crippen LogP contribution is -2.14. The number of methoxy groups -OCH3 is 1. The van der Waals surface area contributed by atoms with Crippen LogP contribution in [-0.2, 0) is 15.7 Å². The number of halogens is 5. The van der Waals surface area contributed by atoms with Gasteiger partial charge in [0.1, 0.15) is 16.7 Å². The summed E-state index contributed by atoms with van der Waals surface area (Å²) in [5.41, 5.74) is -0.867. The number of carbonyl (C=O) groups is 1. The molecule has 2 aromatic rings. The summed E-state index contributed by atoms with van der Waals surface area (Å²) in [4.78, 5) is 12.1. The molecule has 0 N–H and O–H groups in total. The number of alkyl halides is 3. The van der Waals surface area contributed by atoms with Crippen molar-refractivity contribution >= 4 is 40.9 Å². The molecule has 0 heterocycles. The smallest absolute Gasteiger partial charge is 0.416 e. The maximum absolute atomic E-state index is 12.7. The van der Waals surface area contributed by atoms with Crippen molar-refractivity contribution in [3.63, 3.8) is 0 Å². The first-order chi connectivity index (χ1) is 12.1. The maximum Gasteiger partial charge on any atom is 0.416 e. The fourth-order valence-corrected chi connectivity index (χ4v) is 3.34. The number of rotatable bonds is 5. The predicted octanol–water partition coefficient (Wildman–Crippen LogP) is 6.46. The summed E-state index contributed by atoms with van der Waals surface area (Å²) in [6, 6.07) is 7.49. The third-order valence-electron chi connectivity index (χ3n) is 3.23. The van der Waals surface area contributed by atoms with Gasteiger partial charge in [0.25, 0.3) is 0 Å². The van der Waals surface area contributed by atoms with Gasteiger partial charge in [-0.25, -0.2) is 0 Å². The number of hydrogen-bond acceptors (Lipinski definition) is 4. The van der Waals surface area contributed by atoms with Crippen LogP contribution in [0.15, 0.2) is 41.3 Å². The summed E-state index contributed by atoms with van der Waals surface area (Å²) in [6.07, 6.45) is -4.49. The van der Waals surface area contributed by atoms with Crippen LogP contribution in [0.3, 0.4) is 0 Å². The molecule has 3 nitrogen and oxygen atoms in total. The molecule has 0 aromatic heterocycles. The summed E-state index contributed by atoms with van der Waals surface area (Å²) < 4.78 is 48.3. The first-order valence-corrected chi connectivity index (χ1v) is 8.84. The van der Waals surface area contributed by atoms with Gasteiger partial charge in [0.15, 0.2) is 0 Å². The van der Waals surface area contributed by atoms with Gasteiger partial charge in [-0.3, -0.25) is 4.79 Å². The highest BCUT2D eigenvalue weighted by Gasteiger charge is 2.31. The molecule has 2 aromatic carbocycles. The molecule has 9 heteroatoms. The molecule has 1 atom stereocenters. The third-order valence-corrected chi connectivity index (χ3v) is 5.10. The first-order valence-electron chi connectivity index (χ1n) is 7.20. The van der Waals surface area contributed by atoms with Crippen LogP contribution < -0.4 is 4.74 Å². The standard InChI is InChI=1S/C17H13Cl2F3O3S/c1-9(16(23)24-2)26-15-8-11(4-5-12(15)18)25-14-6-3-10(7-13(14)19)17(20,21)22/h3-9H,1-2H3. The Bertz CT molecular complexity index is 812. The van der Waals surface area contributed by atoms with Crippen molar-refractivity contribution in [2.24, 2.45) is 0 Å². The van der Waals surface area contributed by atoms with Crippen molar-refractivity contribution in [1.82, 2.24) is 0 Å². The summed E-state index contributed by atoms with van der Waals surface area (Å²) in [6.45, 7) is 1.66. The zero-order chi connectivity index (χ0) is 19.5. The van der Waals surface area contributed by atoms with Crippen molar-refractivity contribution < 1.29 is 27.4 Å². The van der Waals surface area contributed by atoms with Crippen LogP contribution in [0.1, 0.15) is 12.5 Å². The van der Waals surface area contributed by atoms with Crippen LogP contribution in [0.25, 0.3) is 0 Å². The lowest BCUT2D eigenvalue weighted by Gasteiger charge is -2.13. The van der Waals surface area contributed by atoms with Crippen LogP contribution in [0, 0.1) is 0 Å². The van der Waals surface area contributed by atoms with E-state index in [1.165, 1.54) is 18.9 Å². The summed E-state index contributed by atoms with van der Waals surface area (Å²) in [7, 11) is 1.28. The Kier molecular flexibility index (Phi) is 6.71. The Labute approximate surface area is 162 Å². The number of thioether (sulfide) groups is 1. The summed E-state index contributed by atoms with van der Waals surface area (Å²) in [5, 5.41) is -0.272. The van der Waals surface area contributed by atoms with E-state index in [1.54, 1.807) is 25.1 Å². The Morgan fingerprint density at radius 2 is 1.81 bits per heavy atom. The van der Waals surface area contributed by atoms with Crippen molar-refractivity contribution in [3.8, 4) is 11.5 Å². The van der Waals surface area contributed by atoms with E-state index in [9.17, 15) is 18.0 Å². The van der Waals surface area contributed by atoms with E-state index >= 15 is 0 Å². The van der Waals surface area contributed by atoms with Gasteiger partial charge in [0.05, 0.1) is 22.7 Å². The Hall–Kier alpha value is -1.57. The second-order valence-electron chi connectivity index (χ2n) is 5.12. The van der Waals surface area contributed by atoms with Crippen LogP contribution in [-0.4, -0.2) is 18.3 Å². The number of carbonyl (C=O) groups excluding carboxylic acids is 1. The zero-order valence-corrected chi connectivity index (χ0v) is 15.9. The molecule has 0 spiro atoms. The highest BCUT2D eigenvalue weighted by molar-refractivity contribution is 8.00. The van der Waals surface area contributed by atoms with E-state index in [4.69, 9.17) is 27.9 Å². The molecular weight excluding hydrogens is 412 g/mol. The first kappa shape index (κ1) is 20.7. The molecule has 0 saturated carbocycles. The van der Waals surface area contributed by atoms with E-state index in [-0.39, 0.29) is 10.8 Å². The number of esters is 1. The van der Waals surface area contributed by atoms with Crippen molar-refractivity contribution in [3.05, 3.63) is 52.0 Å². The normalized spacial score (nSPS) is 12.6. The highest BCUT2D eigenvalue weighted by atomic mass is 35.5. The van der Waals surface area contributed by atoms with Crippen LogP contribution >= 0.6 is 35.0 Å². The molecule has 2 rings (SSSR count). The summed E-state index contributed by atoms with van der Waals surface area (Å²) in [5.74, 6) is -0.0299. The van der Waals surface area contributed by atoms with Gasteiger partial charge in [0, 0.05) is 4.90 Å². The maximum atomic E-state index is 12.7. The Balaban J connectivity index is 2.23. The SMILES string of the molecule is COC(=O)C(C)Sc1cc(Oc2ccc(C(F)(F)F)cc2Cl)ccc1Cl. The van der Waals surface area contributed by atoms with Gasteiger partial charge in [-0.05, 0) is 43.3 Å². The quantitative estimate of drug-likeness (QED) is 0.407. The average molecular weight is 425 g/mol. The minimum Gasteiger partial charge on any atom is -0.468 e. The second-order valence-corrected chi connectivity index (χ2v) is 7.32. The molecule has 0 amide bonds. The van der Waals surface area contributed by atoms with E-state index in [2.05, 4.69) is 4.74 Å². The van der Waals surface area contributed by atoms with Crippen molar-refractivity contribution in [2.75, 3.05) is 7.11 Å². The lowest BCUT2D eigenvalue weighted by molar-refractivity contribution is -0.139. The fourth-order valence-electron chi connectivity index (χ4n) is 1.93. The molecule has 26 heavy (non-hydrogen) atoms. The van der Waals surface area contributed by atoms with Gasteiger partial charge < -0.3 is 9.47 Å². The van der Waals surface area contributed by atoms with E-state index in [0.29, 0.717) is 15.7 Å². The minimum absolute atomic E-state index is 0.0685. The van der Waals surface area contributed by atoms with E-state index in [0.717, 1.165) is 18.2 Å². The molecule has 1 unspecified atom stereocenters.